The smallest absolute Gasteiger partial charge is 0.193 e. The number of hydrogen-bond acceptors (Lipinski definition) is 2. The number of nitrogens with one attached hydrogen (secondary N) is 1. The maximum atomic E-state index is 6.25. The summed E-state index contributed by atoms with van der Waals surface area (Å²) in [6.45, 7) is 0.536. The molecule has 0 saturated heterocycles. The van der Waals surface area contributed by atoms with E-state index >= 15 is 0 Å². The third-order valence-corrected chi connectivity index (χ3v) is 4.70. The number of hydrogen-bond donors (Lipinski definition) is 2. The molecule has 126 valence electrons. The highest BCUT2D eigenvalue weighted by Gasteiger charge is 2.31. The summed E-state index contributed by atoms with van der Waals surface area (Å²) in [7, 11) is 1.68. The highest BCUT2D eigenvalue weighted by molar-refractivity contribution is 6.31. The molecule has 3 N–H and O–H groups in total. The predicted octanol–water partition coefficient (Wildman–Crippen LogP) is 4.16. The molecule has 1 aliphatic carbocycles. The summed E-state index contributed by atoms with van der Waals surface area (Å²) in [6, 6.07) is 16.2. The van der Waals surface area contributed by atoms with Crippen LogP contribution in [0.25, 0.3) is 0 Å². The SMILES string of the molecule is COCc1ccccc1NC(N)=NC1CC(c2ccccc2Cl)C1. The molecular weight excluding hydrogens is 322 g/mol. The molecule has 2 aromatic carbocycles. The molecule has 2 aromatic rings. The zero-order valence-electron chi connectivity index (χ0n) is 13.7. The first kappa shape index (κ1) is 16.8. The molecule has 0 radical (unpaired) electrons. The van der Waals surface area contributed by atoms with Gasteiger partial charge < -0.3 is 15.8 Å². The lowest BCUT2D eigenvalue weighted by molar-refractivity contribution is 0.185. The number of nitrogens with zero attached hydrogens (tertiary/aromatic N) is 1. The lowest BCUT2D eigenvalue weighted by atomic mass is 9.76. The van der Waals surface area contributed by atoms with Crippen LogP contribution in [0.1, 0.15) is 29.9 Å². The van der Waals surface area contributed by atoms with E-state index in [0.717, 1.165) is 29.1 Å². The van der Waals surface area contributed by atoms with Crippen molar-refractivity contribution in [3.8, 4) is 0 Å². The van der Waals surface area contributed by atoms with Crippen molar-refractivity contribution < 1.29 is 4.74 Å². The molecule has 0 bridgehead atoms. The normalized spacial score (nSPS) is 20.5. The van der Waals surface area contributed by atoms with Crippen LogP contribution in [0.4, 0.5) is 5.69 Å². The van der Waals surface area contributed by atoms with E-state index in [-0.39, 0.29) is 6.04 Å². The van der Waals surface area contributed by atoms with Crippen LogP contribution in [0.15, 0.2) is 53.5 Å². The largest absolute Gasteiger partial charge is 0.380 e. The molecule has 1 aliphatic rings. The van der Waals surface area contributed by atoms with Gasteiger partial charge in [0.2, 0.25) is 0 Å². The monoisotopic (exact) mass is 343 g/mol. The van der Waals surface area contributed by atoms with Crippen molar-refractivity contribution >= 4 is 23.2 Å². The van der Waals surface area contributed by atoms with E-state index in [0.29, 0.717) is 18.5 Å². The van der Waals surface area contributed by atoms with Crippen LogP contribution in [0.3, 0.4) is 0 Å². The number of halogens is 1. The summed E-state index contributed by atoms with van der Waals surface area (Å²) >= 11 is 6.25. The van der Waals surface area contributed by atoms with E-state index in [9.17, 15) is 0 Å². The third-order valence-electron chi connectivity index (χ3n) is 4.36. The van der Waals surface area contributed by atoms with Gasteiger partial charge in [-0.15, -0.1) is 0 Å². The second kappa shape index (κ2) is 7.69. The lowest BCUT2D eigenvalue weighted by Crippen LogP contribution is -2.31. The Morgan fingerprint density at radius 1 is 1.21 bits per heavy atom. The highest BCUT2D eigenvalue weighted by atomic mass is 35.5. The number of aliphatic imine (C=N–C) groups is 1. The predicted molar refractivity (Wildman–Crippen MR) is 99.6 cm³/mol. The number of nitrogens with two attached hydrogens (primary N) is 1. The van der Waals surface area contributed by atoms with Gasteiger partial charge in [-0.05, 0) is 36.5 Å². The van der Waals surface area contributed by atoms with Gasteiger partial charge in [0.1, 0.15) is 0 Å². The number of guanidine groups is 1. The van der Waals surface area contributed by atoms with Crippen molar-refractivity contribution in [1.29, 1.82) is 0 Å². The third kappa shape index (κ3) is 3.89. The molecule has 0 heterocycles. The fourth-order valence-corrected chi connectivity index (χ4v) is 3.33. The van der Waals surface area contributed by atoms with Gasteiger partial charge in [0.05, 0.1) is 12.6 Å². The van der Waals surface area contributed by atoms with Crippen LogP contribution in [-0.2, 0) is 11.3 Å². The van der Waals surface area contributed by atoms with Crippen LogP contribution in [-0.4, -0.2) is 19.1 Å². The highest BCUT2D eigenvalue weighted by Crippen LogP contribution is 2.41. The van der Waals surface area contributed by atoms with Gasteiger partial charge in [0, 0.05) is 23.4 Å². The van der Waals surface area contributed by atoms with Crippen molar-refractivity contribution in [1.82, 2.24) is 0 Å². The molecule has 5 heteroatoms. The number of methoxy groups -OCH3 is 1. The summed E-state index contributed by atoms with van der Waals surface area (Å²) in [4.78, 5) is 4.58. The quantitative estimate of drug-likeness (QED) is 0.633. The minimum absolute atomic E-state index is 0.244. The van der Waals surface area contributed by atoms with E-state index in [1.807, 2.05) is 42.5 Å². The minimum atomic E-state index is 0.244. The Kier molecular flexibility index (Phi) is 5.38. The Morgan fingerprint density at radius 3 is 2.67 bits per heavy atom. The number of rotatable bonds is 5. The summed E-state index contributed by atoms with van der Waals surface area (Å²) < 4.78 is 5.20. The fourth-order valence-electron chi connectivity index (χ4n) is 3.04. The standard InChI is InChI=1S/C19H22ClN3O/c1-24-12-13-6-2-5-9-18(13)23-19(21)22-15-10-14(11-15)16-7-3-4-8-17(16)20/h2-9,14-15H,10-12H2,1H3,(H3,21,22,23). The zero-order chi connectivity index (χ0) is 16.9. The van der Waals surface area contributed by atoms with Gasteiger partial charge >= 0.3 is 0 Å². The molecule has 1 fully saturated rings. The van der Waals surface area contributed by atoms with E-state index in [1.165, 1.54) is 5.56 Å². The van der Waals surface area contributed by atoms with Crippen LogP contribution in [0.5, 0.6) is 0 Å². The maximum absolute atomic E-state index is 6.25. The Hall–Kier alpha value is -2.04. The summed E-state index contributed by atoms with van der Waals surface area (Å²) in [5.41, 5.74) is 9.27. The number of anilines is 1. The van der Waals surface area contributed by atoms with Crippen LogP contribution < -0.4 is 11.1 Å². The fraction of sp³-hybridized carbons (Fsp3) is 0.316. The van der Waals surface area contributed by atoms with Gasteiger partial charge in [-0.3, -0.25) is 0 Å². The van der Waals surface area contributed by atoms with Gasteiger partial charge in [-0.1, -0.05) is 48.0 Å². The number of ether oxygens (including phenoxy) is 1. The molecule has 0 unspecified atom stereocenters. The Labute approximate surface area is 147 Å². The van der Waals surface area contributed by atoms with E-state index in [2.05, 4.69) is 16.4 Å². The second-order valence-corrected chi connectivity index (χ2v) is 6.48. The summed E-state index contributed by atoms with van der Waals surface area (Å²) in [5.74, 6) is 0.919. The average Bonchev–Trinajstić information content (AvgIpc) is 2.54. The molecule has 24 heavy (non-hydrogen) atoms. The molecule has 0 spiro atoms. The Balaban J connectivity index is 1.59. The number of benzene rings is 2. The molecule has 3 rings (SSSR count). The van der Waals surface area contributed by atoms with Gasteiger partial charge in [-0.2, -0.15) is 0 Å². The van der Waals surface area contributed by atoms with Crippen molar-refractivity contribution in [2.24, 2.45) is 10.7 Å². The minimum Gasteiger partial charge on any atom is -0.380 e. The molecular formula is C19H22ClN3O. The average molecular weight is 344 g/mol. The Morgan fingerprint density at radius 2 is 1.92 bits per heavy atom. The topological polar surface area (TPSA) is 59.6 Å². The van der Waals surface area contributed by atoms with Gasteiger partial charge in [0.15, 0.2) is 5.96 Å². The summed E-state index contributed by atoms with van der Waals surface area (Å²) in [6.07, 6.45) is 1.96. The molecule has 4 nitrogen and oxygen atoms in total. The van der Waals surface area contributed by atoms with Crippen molar-refractivity contribution in [2.45, 2.75) is 31.4 Å². The maximum Gasteiger partial charge on any atom is 0.193 e. The Bertz CT molecular complexity index is 726. The first-order valence-corrected chi connectivity index (χ1v) is 8.46. The van der Waals surface area contributed by atoms with Gasteiger partial charge in [0.25, 0.3) is 0 Å². The first-order valence-electron chi connectivity index (χ1n) is 8.09. The number of para-hydroxylation sites is 1. The lowest BCUT2D eigenvalue weighted by Gasteiger charge is -2.33. The van der Waals surface area contributed by atoms with Crippen LogP contribution >= 0.6 is 11.6 Å². The van der Waals surface area contributed by atoms with Crippen LogP contribution in [0, 0.1) is 0 Å². The van der Waals surface area contributed by atoms with E-state index in [1.54, 1.807) is 7.11 Å². The van der Waals surface area contributed by atoms with E-state index in [4.69, 9.17) is 22.1 Å². The van der Waals surface area contributed by atoms with Crippen LogP contribution in [0.2, 0.25) is 5.02 Å². The van der Waals surface area contributed by atoms with Gasteiger partial charge in [-0.25, -0.2) is 4.99 Å². The zero-order valence-corrected chi connectivity index (χ0v) is 14.5. The van der Waals surface area contributed by atoms with E-state index < -0.39 is 0 Å². The molecule has 0 aromatic heterocycles. The summed E-state index contributed by atoms with van der Waals surface area (Å²) in [5, 5.41) is 4.02. The van der Waals surface area contributed by atoms with Crippen molar-refractivity contribution in [2.75, 3.05) is 12.4 Å². The molecule has 0 aliphatic heterocycles. The molecule has 0 atom stereocenters. The first-order chi connectivity index (χ1) is 11.7. The van der Waals surface area contributed by atoms with Crippen molar-refractivity contribution in [3.05, 3.63) is 64.7 Å². The van der Waals surface area contributed by atoms with Crippen molar-refractivity contribution in [3.63, 3.8) is 0 Å². The second-order valence-electron chi connectivity index (χ2n) is 6.07. The molecule has 1 saturated carbocycles. The molecule has 0 amide bonds.